The van der Waals surface area contributed by atoms with Crippen LogP contribution in [0.15, 0.2) is 29.4 Å². The lowest BCUT2D eigenvalue weighted by molar-refractivity contribution is 0.338. The van der Waals surface area contributed by atoms with E-state index in [2.05, 4.69) is 19.0 Å². The fraction of sp³-hybridized carbons (Fsp3) is 0.562. The molecule has 0 saturated heterocycles. The average Bonchev–Trinajstić information content (AvgIpc) is 2.50. The molecule has 0 N–H and O–H groups in total. The molecule has 0 radical (unpaired) electrons. The monoisotopic (exact) mass is 311 g/mol. The van der Waals surface area contributed by atoms with E-state index in [1.54, 1.807) is 6.92 Å². The van der Waals surface area contributed by atoms with Gasteiger partial charge in [0.15, 0.2) is 0 Å². The molecule has 0 heterocycles. The third-order valence-corrected chi connectivity index (χ3v) is 4.64. The molecule has 118 valence electrons. The Morgan fingerprint density at radius 3 is 2.38 bits per heavy atom. The minimum absolute atomic E-state index is 0.00718. The Hall–Kier alpha value is -1.36. The van der Waals surface area contributed by atoms with Crippen LogP contribution < -0.4 is 0 Å². The molecule has 0 spiro atoms. The second kappa shape index (κ2) is 8.17. The lowest BCUT2D eigenvalue weighted by atomic mass is 9.97. The molecular formula is C16H25NO3S. The van der Waals surface area contributed by atoms with Crippen molar-refractivity contribution in [2.45, 2.75) is 52.9 Å². The van der Waals surface area contributed by atoms with E-state index < -0.39 is 10.1 Å². The standard InChI is InChI=1S/C16H25NO3S/c1-5-7-12-21(18,19)20-17-14(4)16-10-8-15(9-11-16)13(3)6-2/h8-11,13H,5-7,12H2,1-4H3/b17-14-. The molecular weight excluding hydrogens is 286 g/mol. The molecule has 0 bridgehead atoms. The van der Waals surface area contributed by atoms with E-state index in [0.29, 0.717) is 18.1 Å². The van der Waals surface area contributed by atoms with Crippen LogP contribution in [0.4, 0.5) is 0 Å². The first-order chi connectivity index (χ1) is 9.89. The summed E-state index contributed by atoms with van der Waals surface area (Å²) in [5, 5.41) is 3.74. The molecule has 0 aliphatic heterocycles. The summed E-state index contributed by atoms with van der Waals surface area (Å²) >= 11 is 0. The largest absolute Gasteiger partial charge is 0.328 e. The molecule has 1 atom stereocenters. The maximum Gasteiger partial charge on any atom is 0.328 e. The highest BCUT2D eigenvalue weighted by Gasteiger charge is 2.11. The predicted octanol–water partition coefficient (Wildman–Crippen LogP) is 4.07. The Labute approximate surface area is 128 Å². The summed E-state index contributed by atoms with van der Waals surface area (Å²) in [5.74, 6) is 0.523. The van der Waals surface area contributed by atoms with Crippen molar-refractivity contribution in [1.82, 2.24) is 0 Å². The number of rotatable bonds is 8. The number of oxime groups is 1. The van der Waals surface area contributed by atoms with E-state index in [9.17, 15) is 8.42 Å². The van der Waals surface area contributed by atoms with Gasteiger partial charge >= 0.3 is 10.1 Å². The van der Waals surface area contributed by atoms with Crippen LogP contribution in [-0.2, 0) is 14.4 Å². The Bertz CT molecular complexity index is 562. The van der Waals surface area contributed by atoms with Gasteiger partial charge < -0.3 is 0 Å². The maximum absolute atomic E-state index is 11.6. The fourth-order valence-corrected chi connectivity index (χ4v) is 2.75. The molecule has 0 aliphatic carbocycles. The van der Waals surface area contributed by atoms with Gasteiger partial charge in [0.25, 0.3) is 0 Å². The Morgan fingerprint density at radius 2 is 1.86 bits per heavy atom. The smallest absolute Gasteiger partial charge is 0.268 e. The first kappa shape index (κ1) is 17.7. The van der Waals surface area contributed by atoms with Gasteiger partial charge in [0.2, 0.25) is 0 Å². The fourth-order valence-electron chi connectivity index (χ4n) is 1.81. The molecule has 5 heteroatoms. The summed E-state index contributed by atoms with van der Waals surface area (Å²) in [5.41, 5.74) is 2.70. The van der Waals surface area contributed by atoms with Crippen LogP contribution in [0.2, 0.25) is 0 Å². The highest BCUT2D eigenvalue weighted by molar-refractivity contribution is 7.86. The lowest BCUT2D eigenvalue weighted by Gasteiger charge is -2.09. The number of nitrogens with zero attached hydrogens (tertiary/aromatic N) is 1. The third kappa shape index (κ3) is 5.87. The van der Waals surface area contributed by atoms with Gasteiger partial charge in [-0.05, 0) is 36.8 Å². The second-order valence-corrected chi connectivity index (χ2v) is 6.97. The molecule has 1 aromatic rings. The minimum atomic E-state index is -3.56. The zero-order valence-electron chi connectivity index (χ0n) is 13.3. The van der Waals surface area contributed by atoms with Gasteiger partial charge in [-0.25, -0.2) is 0 Å². The zero-order valence-corrected chi connectivity index (χ0v) is 14.1. The Kier molecular flexibility index (Phi) is 6.89. The van der Waals surface area contributed by atoms with Crippen LogP contribution >= 0.6 is 0 Å². The molecule has 0 aromatic heterocycles. The number of unbranched alkanes of at least 4 members (excludes halogenated alkanes) is 1. The second-order valence-electron chi connectivity index (χ2n) is 5.30. The first-order valence-corrected chi connectivity index (χ1v) is 9.03. The van der Waals surface area contributed by atoms with Crippen molar-refractivity contribution in [3.63, 3.8) is 0 Å². The molecule has 0 saturated carbocycles. The molecule has 1 unspecified atom stereocenters. The van der Waals surface area contributed by atoms with Crippen LogP contribution in [-0.4, -0.2) is 19.9 Å². The first-order valence-electron chi connectivity index (χ1n) is 7.45. The van der Waals surface area contributed by atoms with Crippen molar-refractivity contribution in [2.24, 2.45) is 5.16 Å². The predicted molar refractivity (Wildman–Crippen MR) is 87.1 cm³/mol. The molecule has 0 fully saturated rings. The quantitative estimate of drug-likeness (QED) is 0.537. The van der Waals surface area contributed by atoms with Crippen molar-refractivity contribution in [1.29, 1.82) is 0 Å². The van der Waals surface area contributed by atoms with E-state index >= 15 is 0 Å². The van der Waals surface area contributed by atoms with Crippen molar-refractivity contribution >= 4 is 15.8 Å². The van der Waals surface area contributed by atoms with Gasteiger partial charge in [-0.15, -0.1) is 0 Å². The molecule has 0 amide bonds. The zero-order chi connectivity index (χ0) is 15.9. The van der Waals surface area contributed by atoms with Gasteiger partial charge in [-0.2, -0.15) is 8.42 Å². The Balaban J connectivity index is 2.74. The summed E-state index contributed by atoms with van der Waals surface area (Å²) in [4.78, 5) is 0. The lowest BCUT2D eigenvalue weighted by Crippen LogP contribution is -2.09. The van der Waals surface area contributed by atoms with E-state index in [1.807, 2.05) is 31.2 Å². The SMILES string of the molecule is CCCCS(=O)(=O)O/N=C(/C)c1ccc(C(C)CC)cc1. The number of hydrogen-bond acceptors (Lipinski definition) is 4. The van der Waals surface area contributed by atoms with Gasteiger partial charge in [-0.1, -0.05) is 56.6 Å². The maximum atomic E-state index is 11.6. The highest BCUT2D eigenvalue weighted by atomic mass is 32.2. The molecule has 1 aromatic carbocycles. The number of benzene rings is 1. The summed E-state index contributed by atoms with van der Waals surface area (Å²) in [6.07, 6.45) is 2.48. The van der Waals surface area contributed by atoms with Crippen LogP contribution in [0.1, 0.15) is 64.0 Å². The molecule has 4 nitrogen and oxygen atoms in total. The normalized spacial score (nSPS) is 14.0. The van der Waals surface area contributed by atoms with E-state index in [1.165, 1.54) is 5.56 Å². The van der Waals surface area contributed by atoms with E-state index in [-0.39, 0.29) is 5.75 Å². The van der Waals surface area contributed by atoms with Crippen molar-refractivity contribution in [3.05, 3.63) is 35.4 Å². The summed E-state index contributed by atoms with van der Waals surface area (Å²) in [6, 6.07) is 7.99. The van der Waals surface area contributed by atoms with Gasteiger partial charge in [-0.3, -0.25) is 4.28 Å². The van der Waals surface area contributed by atoms with Crippen LogP contribution in [0.25, 0.3) is 0 Å². The molecule has 0 aliphatic rings. The minimum Gasteiger partial charge on any atom is -0.268 e. The van der Waals surface area contributed by atoms with Crippen LogP contribution in [0, 0.1) is 0 Å². The molecule has 1 rings (SSSR count). The average molecular weight is 311 g/mol. The topological polar surface area (TPSA) is 55.7 Å². The van der Waals surface area contributed by atoms with Gasteiger partial charge in [0.1, 0.15) is 0 Å². The van der Waals surface area contributed by atoms with Crippen LogP contribution in [0.3, 0.4) is 0 Å². The van der Waals surface area contributed by atoms with E-state index in [4.69, 9.17) is 4.28 Å². The van der Waals surface area contributed by atoms with Crippen molar-refractivity contribution in [2.75, 3.05) is 5.75 Å². The van der Waals surface area contributed by atoms with Crippen molar-refractivity contribution in [3.8, 4) is 0 Å². The third-order valence-electron chi connectivity index (χ3n) is 3.55. The van der Waals surface area contributed by atoms with Gasteiger partial charge in [0.05, 0.1) is 11.5 Å². The molecule has 21 heavy (non-hydrogen) atoms. The summed E-state index contributed by atoms with van der Waals surface area (Å²) in [7, 11) is -3.56. The van der Waals surface area contributed by atoms with E-state index in [0.717, 1.165) is 18.4 Å². The van der Waals surface area contributed by atoms with Crippen LogP contribution in [0.5, 0.6) is 0 Å². The van der Waals surface area contributed by atoms with Gasteiger partial charge in [0, 0.05) is 0 Å². The van der Waals surface area contributed by atoms with Crippen molar-refractivity contribution < 1.29 is 12.7 Å². The Morgan fingerprint density at radius 1 is 1.24 bits per heavy atom. The summed E-state index contributed by atoms with van der Waals surface area (Å²) < 4.78 is 27.9. The summed E-state index contributed by atoms with van der Waals surface area (Å²) in [6.45, 7) is 8.01. The highest BCUT2D eigenvalue weighted by Crippen LogP contribution is 2.19. The number of hydrogen-bond donors (Lipinski definition) is 0.